The first kappa shape index (κ1) is 22.2. The fourth-order valence-corrected chi connectivity index (χ4v) is 4.04. The topological polar surface area (TPSA) is 103 Å². The molecule has 0 fully saturated rings. The van der Waals surface area contributed by atoms with Crippen LogP contribution in [0, 0.1) is 6.92 Å². The van der Waals surface area contributed by atoms with Gasteiger partial charge in [0, 0.05) is 13.1 Å². The van der Waals surface area contributed by atoms with Crippen LogP contribution in [0.2, 0.25) is 0 Å². The normalized spacial score (nSPS) is 11.2. The molecule has 0 aliphatic heterocycles. The fourth-order valence-electron chi connectivity index (χ4n) is 3.19. The van der Waals surface area contributed by atoms with E-state index in [0.717, 1.165) is 10.6 Å². The summed E-state index contributed by atoms with van der Waals surface area (Å²) in [5, 5.41) is 2.58. The molecular formula is C21H24N4O5S. The van der Waals surface area contributed by atoms with Gasteiger partial charge >= 0.3 is 0 Å². The number of rotatable bonds is 7. The number of anilines is 2. The highest BCUT2D eigenvalue weighted by Crippen LogP contribution is 2.23. The van der Waals surface area contributed by atoms with E-state index in [1.54, 1.807) is 61.1 Å². The van der Waals surface area contributed by atoms with E-state index >= 15 is 0 Å². The Balaban J connectivity index is 1.91. The molecule has 2 aromatic carbocycles. The molecule has 1 aromatic heterocycles. The smallest absolute Gasteiger partial charge is 0.295 e. The Morgan fingerprint density at radius 1 is 1.13 bits per heavy atom. The highest BCUT2D eigenvalue weighted by Gasteiger charge is 2.24. The number of hydrogen-bond acceptors (Lipinski definition) is 5. The van der Waals surface area contributed by atoms with Gasteiger partial charge in [-0.15, -0.1) is 0 Å². The van der Waals surface area contributed by atoms with E-state index in [0.29, 0.717) is 17.1 Å². The summed E-state index contributed by atoms with van der Waals surface area (Å²) in [6, 6.07) is 15.4. The van der Waals surface area contributed by atoms with Gasteiger partial charge in [-0.25, -0.2) is 13.1 Å². The van der Waals surface area contributed by atoms with E-state index in [9.17, 15) is 18.0 Å². The van der Waals surface area contributed by atoms with Gasteiger partial charge in [-0.05, 0) is 31.2 Å². The van der Waals surface area contributed by atoms with Crippen molar-refractivity contribution < 1.29 is 17.9 Å². The molecule has 0 spiro atoms. The van der Waals surface area contributed by atoms with Gasteiger partial charge < -0.3 is 10.1 Å². The predicted molar refractivity (Wildman–Crippen MR) is 120 cm³/mol. The van der Waals surface area contributed by atoms with Crippen molar-refractivity contribution in [2.24, 2.45) is 7.05 Å². The number of amides is 1. The molecule has 3 aromatic rings. The lowest BCUT2D eigenvalue weighted by atomic mass is 10.3. The van der Waals surface area contributed by atoms with Gasteiger partial charge in [0.05, 0.1) is 30.4 Å². The molecule has 1 heterocycles. The molecule has 0 saturated heterocycles. The first-order chi connectivity index (χ1) is 14.6. The molecule has 0 bridgehead atoms. The predicted octanol–water partition coefficient (Wildman–Crippen LogP) is 1.90. The van der Waals surface area contributed by atoms with Gasteiger partial charge in [0.2, 0.25) is 15.9 Å². The number of nitrogens with one attached hydrogen (secondary N) is 1. The molecule has 0 aliphatic rings. The number of benzene rings is 2. The molecular weight excluding hydrogens is 420 g/mol. The van der Waals surface area contributed by atoms with Crippen LogP contribution in [0.3, 0.4) is 0 Å². The lowest BCUT2D eigenvalue weighted by Crippen LogP contribution is -2.38. The van der Waals surface area contributed by atoms with Crippen LogP contribution in [-0.2, 0) is 21.9 Å². The third-order valence-electron chi connectivity index (χ3n) is 4.85. The Bertz CT molecular complexity index is 1260. The molecule has 0 radical (unpaired) electrons. The van der Waals surface area contributed by atoms with Gasteiger partial charge in [0.15, 0.2) is 0 Å². The number of aromatic nitrogens is 2. The Morgan fingerprint density at radius 3 is 2.42 bits per heavy atom. The average Bonchev–Trinajstić information content (AvgIpc) is 2.95. The molecule has 1 amide bonds. The van der Waals surface area contributed by atoms with Crippen LogP contribution in [-0.4, -0.2) is 43.6 Å². The zero-order valence-corrected chi connectivity index (χ0v) is 18.5. The molecule has 0 unspecified atom stereocenters. The Labute approximate surface area is 180 Å². The lowest BCUT2D eigenvalue weighted by Gasteiger charge is -2.22. The van der Waals surface area contributed by atoms with E-state index in [1.807, 2.05) is 6.07 Å². The maximum atomic E-state index is 13.0. The van der Waals surface area contributed by atoms with Crippen LogP contribution in [0.1, 0.15) is 5.69 Å². The van der Waals surface area contributed by atoms with Crippen LogP contribution in [0.15, 0.2) is 59.4 Å². The first-order valence-electron chi connectivity index (χ1n) is 9.39. The average molecular weight is 445 g/mol. The molecule has 1 N–H and O–H groups in total. The highest BCUT2D eigenvalue weighted by molar-refractivity contribution is 7.92. The maximum absolute atomic E-state index is 13.0. The SMILES string of the molecule is COc1cccc(N(CC(=O)Nc2c(C)n(C)n(-c3ccccc3)c2=O)S(C)(=O)=O)c1. The number of sulfonamides is 1. The van der Waals surface area contributed by atoms with Crippen molar-refractivity contribution in [3.05, 3.63) is 70.6 Å². The minimum Gasteiger partial charge on any atom is -0.497 e. The minimum atomic E-state index is -3.77. The summed E-state index contributed by atoms with van der Waals surface area (Å²) >= 11 is 0. The summed E-state index contributed by atoms with van der Waals surface area (Å²) in [7, 11) is -0.596. The van der Waals surface area contributed by atoms with Gasteiger partial charge in [0.25, 0.3) is 5.56 Å². The standard InChI is InChI=1S/C21H24N4O5S/c1-15-20(21(27)25(23(15)2)16-9-6-5-7-10-16)22-19(26)14-24(31(4,28)29)17-11-8-12-18(13-17)30-3/h5-13H,14H2,1-4H3,(H,22,26). The number of carbonyl (C=O) groups is 1. The number of ether oxygens (including phenoxy) is 1. The number of carbonyl (C=O) groups excluding carboxylic acids is 1. The van der Waals surface area contributed by atoms with E-state index in [1.165, 1.54) is 17.9 Å². The second-order valence-electron chi connectivity index (χ2n) is 6.96. The maximum Gasteiger partial charge on any atom is 0.295 e. The van der Waals surface area contributed by atoms with Crippen molar-refractivity contribution in [3.63, 3.8) is 0 Å². The second kappa shape index (κ2) is 8.68. The number of para-hydroxylation sites is 1. The van der Waals surface area contributed by atoms with Gasteiger partial charge in [0.1, 0.15) is 18.0 Å². The zero-order valence-electron chi connectivity index (χ0n) is 17.7. The van der Waals surface area contributed by atoms with Crippen molar-refractivity contribution in [3.8, 4) is 11.4 Å². The molecule has 0 atom stereocenters. The largest absolute Gasteiger partial charge is 0.497 e. The van der Waals surface area contributed by atoms with Crippen LogP contribution in [0.4, 0.5) is 11.4 Å². The summed E-state index contributed by atoms with van der Waals surface area (Å²) in [6.07, 6.45) is 1.01. The molecule has 0 saturated carbocycles. The minimum absolute atomic E-state index is 0.0930. The molecule has 0 aliphatic carbocycles. The van der Waals surface area contributed by atoms with Crippen molar-refractivity contribution >= 4 is 27.3 Å². The molecule has 31 heavy (non-hydrogen) atoms. The Morgan fingerprint density at radius 2 is 1.81 bits per heavy atom. The molecule has 9 nitrogen and oxygen atoms in total. The van der Waals surface area contributed by atoms with Crippen LogP contribution in [0.5, 0.6) is 5.75 Å². The van der Waals surface area contributed by atoms with Gasteiger partial charge in [-0.3, -0.25) is 18.6 Å². The Kier molecular flexibility index (Phi) is 6.21. The van der Waals surface area contributed by atoms with E-state index in [-0.39, 0.29) is 11.4 Å². The van der Waals surface area contributed by atoms with Crippen molar-refractivity contribution in [2.75, 3.05) is 29.5 Å². The van der Waals surface area contributed by atoms with E-state index in [2.05, 4.69) is 5.32 Å². The van der Waals surface area contributed by atoms with Gasteiger partial charge in [-0.1, -0.05) is 24.3 Å². The lowest BCUT2D eigenvalue weighted by molar-refractivity contribution is -0.114. The number of hydrogen-bond donors (Lipinski definition) is 1. The summed E-state index contributed by atoms with van der Waals surface area (Å²) in [5.74, 6) is -0.185. The summed E-state index contributed by atoms with van der Waals surface area (Å²) < 4.78 is 33.8. The fraction of sp³-hybridized carbons (Fsp3) is 0.238. The van der Waals surface area contributed by atoms with Crippen molar-refractivity contribution in [1.82, 2.24) is 9.36 Å². The van der Waals surface area contributed by atoms with Crippen molar-refractivity contribution in [1.29, 1.82) is 0 Å². The van der Waals surface area contributed by atoms with Crippen molar-refractivity contribution in [2.45, 2.75) is 6.92 Å². The quantitative estimate of drug-likeness (QED) is 0.600. The molecule has 164 valence electrons. The molecule has 3 rings (SSSR count). The highest BCUT2D eigenvalue weighted by atomic mass is 32.2. The van der Waals surface area contributed by atoms with E-state index in [4.69, 9.17) is 4.74 Å². The first-order valence-corrected chi connectivity index (χ1v) is 11.2. The van der Waals surface area contributed by atoms with Gasteiger partial charge in [-0.2, -0.15) is 0 Å². The van der Waals surface area contributed by atoms with Crippen LogP contribution < -0.4 is 19.9 Å². The third-order valence-corrected chi connectivity index (χ3v) is 5.99. The third kappa shape index (κ3) is 4.64. The summed E-state index contributed by atoms with van der Waals surface area (Å²) in [6.45, 7) is 1.21. The number of nitrogens with zero attached hydrogens (tertiary/aromatic N) is 3. The summed E-state index contributed by atoms with van der Waals surface area (Å²) in [4.78, 5) is 25.7. The second-order valence-corrected chi connectivity index (χ2v) is 8.86. The Hall–Kier alpha value is -3.53. The number of methoxy groups -OCH3 is 1. The zero-order chi connectivity index (χ0) is 22.8. The van der Waals surface area contributed by atoms with E-state index < -0.39 is 28.0 Å². The molecule has 10 heteroatoms. The van der Waals surface area contributed by atoms with Crippen LogP contribution in [0.25, 0.3) is 5.69 Å². The monoisotopic (exact) mass is 444 g/mol. The van der Waals surface area contributed by atoms with Crippen LogP contribution >= 0.6 is 0 Å². The summed E-state index contributed by atoms with van der Waals surface area (Å²) in [5.41, 5.74) is 1.15.